The van der Waals surface area contributed by atoms with Gasteiger partial charge in [-0.15, -0.1) is 0 Å². The van der Waals surface area contributed by atoms with Crippen LogP contribution in [0.3, 0.4) is 0 Å². The molecule has 0 saturated carbocycles. The van der Waals surface area contributed by atoms with Gasteiger partial charge in [0.05, 0.1) is 16.8 Å². The molecular formula is C33H25N. The SMILES string of the molecule is C=C/C=C(\C=C)N1c2ccccc2C23c4ccccc4CC(c4ccccc42)c2cccc1c23. The maximum absolute atomic E-state index is 4.16. The minimum absolute atomic E-state index is 0.339. The van der Waals surface area contributed by atoms with Crippen molar-refractivity contribution in [3.63, 3.8) is 0 Å². The van der Waals surface area contributed by atoms with Crippen LogP contribution in [0, 0.1) is 0 Å². The van der Waals surface area contributed by atoms with Gasteiger partial charge in [0.15, 0.2) is 0 Å². The number of anilines is 2. The summed E-state index contributed by atoms with van der Waals surface area (Å²) in [6, 6.07) is 34.0. The van der Waals surface area contributed by atoms with Gasteiger partial charge in [0.25, 0.3) is 0 Å². The molecule has 0 radical (unpaired) electrons. The predicted octanol–water partition coefficient (Wildman–Crippen LogP) is 7.78. The van der Waals surface area contributed by atoms with E-state index in [0.717, 1.165) is 12.1 Å². The lowest BCUT2D eigenvalue weighted by molar-refractivity contribution is 0.676. The zero-order chi connectivity index (χ0) is 22.9. The molecule has 34 heavy (non-hydrogen) atoms. The summed E-state index contributed by atoms with van der Waals surface area (Å²) in [4.78, 5) is 2.38. The molecule has 162 valence electrons. The van der Waals surface area contributed by atoms with Crippen molar-refractivity contribution in [1.82, 2.24) is 0 Å². The Morgan fingerprint density at radius 2 is 1.41 bits per heavy atom. The Hall–Kier alpha value is -4.10. The molecule has 1 heterocycles. The highest BCUT2D eigenvalue weighted by atomic mass is 15.2. The first-order chi connectivity index (χ1) is 16.8. The average molecular weight is 436 g/mol. The first kappa shape index (κ1) is 19.4. The smallest absolute Gasteiger partial charge is 0.0750 e. The normalized spacial score (nSPS) is 21.0. The number of nitrogens with zero attached hydrogens (tertiary/aromatic N) is 1. The van der Waals surface area contributed by atoms with Crippen LogP contribution in [0.4, 0.5) is 11.4 Å². The number of allylic oxidation sites excluding steroid dienone is 3. The fourth-order valence-corrected chi connectivity index (χ4v) is 6.84. The Labute approximate surface area is 201 Å². The standard InChI is InChI=1S/C33H25N/c1-3-12-23(4-2)34-30-19-10-9-18-29(30)33-27-16-7-5-13-22(27)21-26(24-14-6-8-17-28(24)33)25-15-11-20-31(34)32(25)33/h3-20,26H,1-2,21H2/b23-12+. The molecule has 2 bridgehead atoms. The number of rotatable bonds is 3. The molecule has 1 heteroatoms. The van der Waals surface area contributed by atoms with Crippen molar-refractivity contribution in [1.29, 1.82) is 0 Å². The number of para-hydroxylation sites is 1. The summed E-state index contributed by atoms with van der Waals surface area (Å²) in [5.74, 6) is 0.339. The maximum Gasteiger partial charge on any atom is 0.0750 e. The van der Waals surface area contributed by atoms with E-state index in [4.69, 9.17) is 0 Å². The Morgan fingerprint density at radius 1 is 0.735 bits per heavy atom. The van der Waals surface area contributed by atoms with Crippen molar-refractivity contribution >= 4 is 11.4 Å². The summed E-state index contributed by atoms with van der Waals surface area (Å²) in [5, 5.41) is 0. The Morgan fingerprint density at radius 3 is 2.24 bits per heavy atom. The van der Waals surface area contributed by atoms with Gasteiger partial charge in [-0.25, -0.2) is 0 Å². The molecular weight excluding hydrogens is 410 g/mol. The molecule has 4 aliphatic rings. The lowest BCUT2D eigenvalue weighted by Gasteiger charge is -2.50. The van der Waals surface area contributed by atoms with E-state index in [1.165, 1.54) is 50.3 Å². The summed E-state index contributed by atoms with van der Waals surface area (Å²) >= 11 is 0. The van der Waals surface area contributed by atoms with Crippen LogP contribution < -0.4 is 4.90 Å². The first-order valence-corrected chi connectivity index (χ1v) is 12.0. The van der Waals surface area contributed by atoms with Gasteiger partial charge < -0.3 is 4.90 Å². The van der Waals surface area contributed by atoms with Crippen molar-refractivity contribution in [3.05, 3.63) is 167 Å². The van der Waals surface area contributed by atoms with Crippen LogP contribution in [0.25, 0.3) is 0 Å². The van der Waals surface area contributed by atoms with E-state index >= 15 is 0 Å². The molecule has 0 amide bonds. The van der Waals surface area contributed by atoms with Crippen molar-refractivity contribution in [2.75, 3.05) is 4.90 Å². The Bertz CT molecular complexity index is 1520. The van der Waals surface area contributed by atoms with Crippen LogP contribution in [-0.4, -0.2) is 0 Å². The molecule has 3 aliphatic carbocycles. The number of hydrogen-bond acceptors (Lipinski definition) is 1. The second-order valence-electron chi connectivity index (χ2n) is 9.38. The minimum atomic E-state index is -0.348. The van der Waals surface area contributed by atoms with Crippen LogP contribution in [0.1, 0.15) is 44.9 Å². The molecule has 2 atom stereocenters. The molecule has 1 spiro atoms. The van der Waals surface area contributed by atoms with Crippen LogP contribution >= 0.6 is 0 Å². The maximum atomic E-state index is 4.16. The van der Waals surface area contributed by atoms with Crippen LogP contribution in [0.15, 0.2) is 128 Å². The van der Waals surface area contributed by atoms with Gasteiger partial charge >= 0.3 is 0 Å². The second kappa shape index (κ2) is 6.95. The molecule has 0 fully saturated rings. The molecule has 0 saturated heterocycles. The van der Waals surface area contributed by atoms with E-state index in [2.05, 4.69) is 115 Å². The molecule has 4 aromatic rings. The van der Waals surface area contributed by atoms with Crippen LogP contribution in [0.2, 0.25) is 0 Å². The van der Waals surface area contributed by atoms with Crippen molar-refractivity contribution < 1.29 is 0 Å². The summed E-state index contributed by atoms with van der Waals surface area (Å²) in [6.45, 7) is 8.13. The van der Waals surface area contributed by atoms with Crippen molar-refractivity contribution in [2.45, 2.75) is 17.8 Å². The molecule has 2 unspecified atom stereocenters. The highest BCUT2D eigenvalue weighted by molar-refractivity contribution is 5.90. The third-order valence-corrected chi connectivity index (χ3v) is 7.96. The summed E-state index contributed by atoms with van der Waals surface area (Å²) in [7, 11) is 0. The fourth-order valence-electron chi connectivity index (χ4n) is 6.84. The van der Waals surface area contributed by atoms with E-state index in [1.54, 1.807) is 0 Å². The molecule has 1 aliphatic heterocycles. The Balaban J connectivity index is 1.73. The van der Waals surface area contributed by atoms with Gasteiger partial charge in [0, 0.05) is 11.6 Å². The number of fused-ring (bicyclic) bond motifs is 1. The number of benzene rings is 4. The number of hydrogen-bond donors (Lipinski definition) is 0. The second-order valence-corrected chi connectivity index (χ2v) is 9.38. The van der Waals surface area contributed by atoms with Crippen LogP contribution in [0.5, 0.6) is 0 Å². The zero-order valence-corrected chi connectivity index (χ0v) is 19.0. The van der Waals surface area contributed by atoms with E-state index in [0.29, 0.717) is 5.92 Å². The highest BCUT2D eigenvalue weighted by Crippen LogP contribution is 2.64. The quantitative estimate of drug-likeness (QED) is 0.297. The topological polar surface area (TPSA) is 3.24 Å². The lowest BCUT2D eigenvalue weighted by Crippen LogP contribution is -2.41. The fraction of sp³-hybridized carbons (Fsp3) is 0.0909. The minimum Gasteiger partial charge on any atom is -0.310 e. The van der Waals surface area contributed by atoms with E-state index in [1.807, 2.05) is 12.2 Å². The van der Waals surface area contributed by atoms with Gasteiger partial charge in [-0.2, -0.15) is 0 Å². The highest BCUT2D eigenvalue weighted by Gasteiger charge is 2.54. The summed E-state index contributed by atoms with van der Waals surface area (Å²) in [5.41, 5.74) is 13.0. The van der Waals surface area contributed by atoms with E-state index < -0.39 is 0 Å². The van der Waals surface area contributed by atoms with Gasteiger partial charge in [-0.3, -0.25) is 0 Å². The third kappa shape index (κ3) is 2.20. The molecule has 0 N–H and O–H groups in total. The van der Waals surface area contributed by atoms with Gasteiger partial charge in [-0.1, -0.05) is 98.1 Å². The molecule has 8 rings (SSSR count). The average Bonchev–Trinajstić information content (AvgIpc) is 3.10. The first-order valence-electron chi connectivity index (χ1n) is 12.0. The summed E-state index contributed by atoms with van der Waals surface area (Å²) < 4.78 is 0. The summed E-state index contributed by atoms with van der Waals surface area (Å²) in [6.07, 6.45) is 6.86. The van der Waals surface area contributed by atoms with Crippen molar-refractivity contribution in [2.24, 2.45) is 0 Å². The third-order valence-electron chi connectivity index (χ3n) is 7.96. The largest absolute Gasteiger partial charge is 0.310 e. The molecule has 1 nitrogen and oxygen atoms in total. The Kier molecular flexibility index (Phi) is 3.96. The van der Waals surface area contributed by atoms with Crippen LogP contribution in [-0.2, 0) is 11.8 Å². The van der Waals surface area contributed by atoms with E-state index in [9.17, 15) is 0 Å². The molecule has 4 aromatic carbocycles. The van der Waals surface area contributed by atoms with Gasteiger partial charge in [0.2, 0.25) is 0 Å². The van der Waals surface area contributed by atoms with Crippen molar-refractivity contribution in [3.8, 4) is 0 Å². The molecule has 0 aromatic heterocycles. The monoisotopic (exact) mass is 435 g/mol. The van der Waals surface area contributed by atoms with E-state index in [-0.39, 0.29) is 5.41 Å². The zero-order valence-electron chi connectivity index (χ0n) is 19.0. The lowest BCUT2D eigenvalue weighted by atomic mass is 9.57. The predicted molar refractivity (Wildman–Crippen MR) is 141 cm³/mol. The van der Waals surface area contributed by atoms with Gasteiger partial charge in [-0.05, 0) is 69.6 Å². The van der Waals surface area contributed by atoms with Gasteiger partial charge in [0.1, 0.15) is 0 Å².